The van der Waals surface area contributed by atoms with Gasteiger partial charge in [-0.05, 0) is 23.8 Å². The van der Waals surface area contributed by atoms with Crippen molar-refractivity contribution in [2.75, 3.05) is 7.05 Å². The molecule has 0 N–H and O–H groups in total. The lowest BCUT2D eigenvalue weighted by molar-refractivity contribution is 0.805. The average molecular weight is 237 g/mol. The van der Waals surface area contributed by atoms with Crippen LogP contribution in [0.1, 0.15) is 11.3 Å². The number of nitrogens with zero attached hydrogens (tertiary/aromatic N) is 3. The summed E-state index contributed by atoms with van der Waals surface area (Å²) in [6.45, 7) is 2.02. The van der Waals surface area contributed by atoms with E-state index in [1.807, 2.05) is 34.6 Å². The Morgan fingerprint density at radius 1 is 1.40 bits per heavy atom. The number of thiophene rings is 1. The normalized spacial score (nSPS) is 12.8. The molecule has 0 fully saturated rings. The summed E-state index contributed by atoms with van der Waals surface area (Å²) >= 11 is 3.27. The smallest absolute Gasteiger partial charge is 0.205 e. The van der Waals surface area contributed by atoms with Gasteiger partial charge in [0.1, 0.15) is 0 Å². The molecule has 2 rings (SSSR count). The van der Waals surface area contributed by atoms with Crippen molar-refractivity contribution < 1.29 is 0 Å². The van der Waals surface area contributed by atoms with Crippen LogP contribution in [-0.2, 0) is 0 Å². The molecular weight excluding hydrogens is 226 g/mol. The minimum absolute atomic E-state index is 0.916. The van der Waals surface area contributed by atoms with Crippen molar-refractivity contribution in [3.8, 4) is 0 Å². The Labute approximate surface area is 96.1 Å². The Kier molecular flexibility index (Phi) is 3.13. The molecule has 2 aromatic rings. The lowest BCUT2D eigenvalue weighted by Gasteiger charge is -1.95. The molecule has 0 aliphatic carbocycles. The highest BCUT2D eigenvalue weighted by Gasteiger charge is 1.97. The second kappa shape index (κ2) is 4.55. The first-order chi connectivity index (χ1) is 7.31. The molecule has 0 unspecified atom stereocenters. The van der Waals surface area contributed by atoms with E-state index in [9.17, 15) is 0 Å². The quantitative estimate of drug-likeness (QED) is 0.718. The van der Waals surface area contributed by atoms with Gasteiger partial charge < -0.3 is 0 Å². The number of hydrogen-bond acceptors (Lipinski definition) is 4. The van der Waals surface area contributed by atoms with E-state index in [4.69, 9.17) is 0 Å². The molecule has 3 nitrogen and oxygen atoms in total. The molecule has 0 bridgehead atoms. The zero-order chi connectivity index (χ0) is 10.7. The van der Waals surface area contributed by atoms with E-state index in [-0.39, 0.29) is 0 Å². The van der Waals surface area contributed by atoms with Gasteiger partial charge in [0, 0.05) is 18.0 Å². The number of thiazole rings is 1. The molecule has 0 radical (unpaired) electrons. The second-order valence-corrected chi connectivity index (χ2v) is 4.61. The summed E-state index contributed by atoms with van der Waals surface area (Å²) in [5, 5.41) is 10.5. The van der Waals surface area contributed by atoms with Crippen LogP contribution >= 0.6 is 22.7 Å². The third kappa shape index (κ3) is 2.24. The molecule has 0 saturated carbocycles. The summed E-state index contributed by atoms with van der Waals surface area (Å²) in [5.41, 5.74) is 2.23. The summed E-state index contributed by atoms with van der Waals surface area (Å²) in [4.78, 5) is 5.08. The van der Waals surface area contributed by atoms with Crippen LogP contribution in [0.15, 0.2) is 32.3 Å². The average Bonchev–Trinajstić information content (AvgIpc) is 2.84. The molecule has 0 aromatic carbocycles. The monoisotopic (exact) mass is 237 g/mol. The summed E-state index contributed by atoms with van der Waals surface area (Å²) in [6.07, 6.45) is 1.85. The van der Waals surface area contributed by atoms with Gasteiger partial charge in [-0.1, -0.05) is 0 Å². The predicted octanol–water partition coefficient (Wildman–Crippen LogP) is 2.33. The van der Waals surface area contributed by atoms with Crippen LogP contribution in [0, 0.1) is 6.92 Å². The standard InChI is InChI=1S/C10H11N3S2/c1-8-6-15-10(11-2)13(8)12-5-9-3-4-14-7-9/h3-7H,1-2H3/b11-10?,12-5+. The Morgan fingerprint density at radius 2 is 2.27 bits per heavy atom. The SMILES string of the molecule is CN=c1scc(C)n1/N=C/c1ccsc1. The molecule has 0 aliphatic heterocycles. The molecule has 0 saturated heterocycles. The van der Waals surface area contributed by atoms with Crippen molar-refractivity contribution in [1.29, 1.82) is 0 Å². The molecule has 0 aliphatic rings. The topological polar surface area (TPSA) is 29.6 Å². The molecule has 2 aromatic heterocycles. The van der Waals surface area contributed by atoms with Gasteiger partial charge >= 0.3 is 0 Å². The largest absolute Gasteiger partial charge is 0.261 e. The van der Waals surface area contributed by atoms with Crippen molar-refractivity contribution in [1.82, 2.24) is 4.68 Å². The van der Waals surface area contributed by atoms with Crippen molar-refractivity contribution in [3.05, 3.63) is 38.3 Å². The third-order valence-electron chi connectivity index (χ3n) is 1.91. The predicted molar refractivity (Wildman–Crippen MR) is 65.8 cm³/mol. The second-order valence-electron chi connectivity index (χ2n) is 3.00. The maximum atomic E-state index is 4.39. The van der Waals surface area contributed by atoms with Gasteiger partial charge in [0.05, 0.1) is 11.9 Å². The summed E-state index contributed by atoms with van der Waals surface area (Å²) < 4.78 is 1.85. The Hall–Kier alpha value is -1.20. The fourth-order valence-electron chi connectivity index (χ4n) is 1.15. The van der Waals surface area contributed by atoms with Crippen LogP contribution in [-0.4, -0.2) is 17.9 Å². The summed E-state index contributed by atoms with van der Waals surface area (Å²) in [5.74, 6) is 0. The first kappa shape index (κ1) is 10.3. The van der Waals surface area contributed by atoms with Crippen LogP contribution in [0.2, 0.25) is 0 Å². The van der Waals surface area contributed by atoms with Crippen molar-refractivity contribution in [3.63, 3.8) is 0 Å². The van der Waals surface area contributed by atoms with E-state index in [1.54, 1.807) is 29.7 Å². The fourth-order valence-corrected chi connectivity index (χ4v) is 2.53. The van der Waals surface area contributed by atoms with Gasteiger partial charge in [-0.25, -0.2) is 4.68 Å². The van der Waals surface area contributed by atoms with Crippen molar-refractivity contribution >= 4 is 28.9 Å². The first-order valence-corrected chi connectivity index (χ1v) is 6.30. The fraction of sp³-hybridized carbons (Fsp3) is 0.200. The number of aryl methyl sites for hydroxylation is 1. The van der Waals surface area contributed by atoms with Crippen LogP contribution in [0.25, 0.3) is 0 Å². The minimum Gasteiger partial charge on any atom is -0.261 e. The van der Waals surface area contributed by atoms with E-state index < -0.39 is 0 Å². The summed E-state index contributed by atoms with van der Waals surface area (Å²) in [7, 11) is 1.78. The zero-order valence-corrected chi connectivity index (χ0v) is 10.2. The van der Waals surface area contributed by atoms with Crippen LogP contribution in [0.5, 0.6) is 0 Å². The van der Waals surface area contributed by atoms with Gasteiger partial charge in [0.2, 0.25) is 4.80 Å². The number of hydrogen-bond donors (Lipinski definition) is 0. The molecule has 0 atom stereocenters. The lowest BCUT2D eigenvalue weighted by atomic mass is 10.4. The number of rotatable bonds is 2. The van der Waals surface area contributed by atoms with Crippen molar-refractivity contribution in [2.24, 2.45) is 10.1 Å². The summed E-state index contributed by atoms with van der Waals surface area (Å²) in [6, 6.07) is 2.04. The van der Waals surface area contributed by atoms with Crippen molar-refractivity contribution in [2.45, 2.75) is 6.92 Å². The molecule has 15 heavy (non-hydrogen) atoms. The van der Waals surface area contributed by atoms with E-state index in [0.717, 1.165) is 16.1 Å². The zero-order valence-electron chi connectivity index (χ0n) is 8.54. The minimum atomic E-state index is 0.916. The molecular formula is C10H11N3S2. The first-order valence-electron chi connectivity index (χ1n) is 4.48. The van der Waals surface area contributed by atoms with E-state index in [0.29, 0.717) is 0 Å². The van der Waals surface area contributed by atoms with E-state index in [2.05, 4.69) is 15.5 Å². The maximum absolute atomic E-state index is 4.39. The highest BCUT2D eigenvalue weighted by molar-refractivity contribution is 7.08. The Balaban J connectivity index is 2.35. The van der Waals surface area contributed by atoms with Crippen LogP contribution in [0.4, 0.5) is 0 Å². The Bertz CT molecular complexity index is 517. The van der Waals surface area contributed by atoms with Gasteiger partial charge in [0.25, 0.3) is 0 Å². The molecule has 5 heteroatoms. The highest BCUT2D eigenvalue weighted by atomic mass is 32.1. The molecule has 78 valence electrons. The Morgan fingerprint density at radius 3 is 2.93 bits per heavy atom. The number of aromatic nitrogens is 1. The molecule has 0 spiro atoms. The maximum Gasteiger partial charge on any atom is 0.205 e. The highest BCUT2D eigenvalue weighted by Crippen LogP contribution is 2.04. The van der Waals surface area contributed by atoms with Gasteiger partial charge in [-0.2, -0.15) is 16.4 Å². The van der Waals surface area contributed by atoms with Crippen LogP contribution in [0.3, 0.4) is 0 Å². The van der Waals surface area contributed by atoms with Gasteiger partial charge in [-0.3, -0.25) is 4.99 Å². The van der Waals surface area contributed by atoms with Crippen LogP contribution < -0.4 is 4.80 Å². The van der Waals surface area contributed by atoms with E-state index in [1.165, 1.54) is 0 Å². The lowest BCUT2D eigenvalue weighted by Crippen LogP contribution is -2.11. The third-order valence-corrected chi connectivity index (χ3v) is 3.63. The molecule has 0 amide bonds. The van der Waals surface area contributed by atoms with Gasteiger partial charge in [0.15, 0.2) is 0 Å². The molecule has 2 heterocycles. The van der Waals surface area contributed by atoms with E-state index >= 15 is 0 Å². The van der Waals surface area contributed by atoms with Gasteiger partial charge in [-0.15, -0.1) is 11.3 Å².